The van der Waals surface area contributed by atoms with E-state index >= 15 is 0 Å². The van der Waals surface area contributed by atoms with Crippen molar-refractivity contribution in [2.24, 2.45) is 0 Å². The number of aromatic nitrogens is 1. The number of hydrogen-bond donors (Lipinski definition) is 2. The number of amides is 1. The molecule has 6 nitrogen and oxygen atoms in total. The van der Waals surface area contributed by atoms with Crippen LogP contribution in [-0.4, -0.2) is 19.3 Å². The third-order valence-corrected chi connectivity index (χ3v) is 8.30. The zero-order valence-corrected chi connectivity index (χ0v) is 21.0. The van der Waals surface area contributed by atoms with Crippen LogP contribution in [0.4, 0.5) is 10.8 Å². The van der Waals surface area contributed by atoms with E-state index in [1.165, 1.54) is 59.6 Å². The zero-order chi connectivity index (χ0) is 24.4. The van der Waals surface area contributed by atoms with Crippen LogP contribution in [0.15, 0.2) is 77.0 Å². The normalized spacial score (nSPS) is 13.2. The molecule has 178 valence electrons. The summed E-state index contributed by atoms with van der Waals surface area (Å²) >= 11 is 7.20. The summed E-state index contributed by atoms with van der Waals surface area (Å²) in [6, 6.07) is 18.6. The fraction of sp³-hybridized carbons (Fsp3) is 0.154. The van der Waals surface area contributed by atoms with Gasteiger partial charge in [0.1, 0.15) is 0 Å². The molecule has 5 rings (SSSR count). The summed E-state index contributed by atoms with van der Waals surface area (Å²) in [4.78, 5) is 17.4. The third kappa shape index (κ3) is 5.40. The maximum Gasteiger partial charge on any atom is 0.261 e. The van der Waals surface area contributed by atoms with Crippen LogP contribution < -0.4 is 10.0 Å². The highest BCUT2D eigenvalue weighted by Gasteiger charge is 2.16. The number of anilines is 2. The van der Waals surface area contributed by atoms with E-state index in [2.05, 4.69) is 33.2 Å². The van der Waals surface area contributed by atoms with Crippen LogP contribution in [0.3, 0.4) is 0 Å². The average Bonchev–Trinajstić information content (AvgIpc) is 3.32. The monoisotopic (exact) mass is 523 g/mol. The standard InChI is InChI=1S/C26H22ClN3O3S2/c27-21-9-13-23(14-10-21)35(32,33)30-22-11-7-18(8-12-22)25(31)29-26-28-24(16-34-26)20-6-5-17-3-1-2-4-19(17)15-20/h5-16,30H,1-4H2,(H,28,29,31). The van der Waals surface area contributed by atoms with E-state index in [-0.39, 0.29) is 10.8 Å². The molecule has 0 atom stereocenters. The lowest BCUT2D eigenvalue weighted by Crippen LogP contribution is -2.14. The van der Waals surface area contributed by atoms with Crippen LogP contribution in [0.5, 0.6) is 0 Å². The van der Waals surface area contributed by atoms with E-state index in [9.17, 15) is 13.2 Å². The van der Waals surface area contributed by atoms with Gasteiger partial charge in [-0.1, -0.05) is 23.7 Å². The lowest BCUT2D eigenvalue weighted by Gasteiger charge is -2.16. The van der Waals surface area contributed by atoms with E-state index < -0.39 is 10.0 Å². The summed E-state index contributed by atoms with van der Waals surface area (Å²) in [5.74, 6) is -0.316. The number of nitrogens with one attached hydrogen (secondary N) is 2. The molecular weight excluding hydrogens is 502 g/mol. The van der Waals surface area contributed by atoms with E-state index in [4.69, 9.17) is 11.6 Å². The summed E-state index contributed by atoms with van der Waals surface area (Å²) < 4.78 is 27.6. The van der Waals surface area contributed by atoms with Gasteiger partial charge in [0.2, 0.25) is 0 Å². The molecule has 0 aliphatic heterocycles. The molecule has 0 fully saturated rings. The Morgan fingerprint density at radius 2 is 1.63 bits per heavy atom. The molecule has 0 radical (unpaired) electrons. The van der Waals surface area contributed by atoms with Crippen molar-refractivity contribution in [3.63, 3.8) is 0 Å². The predicted octanol–water partition coefficient (Wildman–Crippen LogP) is 6.40. The molecule has 1 aromatic heterocycles. The van der Waals surface area contributed by atoms with Gasteiger partial charge in [0, 0.05) is 27.2 Å². The maximum absolute atomic E-state index is 12.7. The molecule has 0 bridgehead atoms. The summed E-state index contributed by atoms with van der Waals surface area (Å²) in [7, 11) is -3.76. The average molecular weight is 524 g/mol. The Bertz CT molecular complexity index is 1480. The Labute approximate surface area is 213 Å². The molecule has 4 aromatic rings. The molecule has 2 N–H and O–H groups in total. The van der Waals surface area contributed by atoms with Crippen molar-refractivity contribution in [3.05, 3.63) is 93.8 Å². The van der Waals surface area contributed by atoms with Crippen LogP contribution in [0.2, 0.25) is 5.02 Å². The predicted molar refractivity (Wildman–Crippen MR) is 141 cm³/mol. The molecule has 0 saturated carbocycles. The number of aryl methyl sites for hydroxylation is 2. The quantitative estimate of drug-likeness (QED) is 0.306. The highest BCUT2D eigenvalue weighted by atomic mass is 35.5. The minimum Gasteiger partial charge on any atom is -0.298 e. The van der Waals surface area contributed by atoms with Gasteiger partial charge in [-0.3, -0.25) is 14.8 Å². The van der Waals surface area contributed by atoms with Gasteiger partial charge in [-0.2, -0.15) is 0 Å². The number of hydrogen-bond acceptors (Lipinski definition) is 5. The smallest absolute Gasteiger partial charge is 0.261 e. The first-order valence-corrected chi connectivity index (χ1v) is 13.9. The molecule has 0 saturated heterocycles. The topological polar surface area (TPSA) is 88.2 Å². The van der Waals surface area contributed by atoms with E-state index in [0.717, 1.165) is 24.1 Å². The zero-order valence-electron chi connectivity index (χ0n) is 18.6. The Morgan fingerprint density at radius 1 is 0.914 bits per heavy atom. The van der Waals surface area contributed by atoms with Gasteiger partial charge in [0.05, 0.1) is 10.6 Å². The molecule has 0 unspecified atom stereocenters. The van der Waals surface area contributed by atoms with Gasteiger partial charge in [0.15, 0.2) is 5.13 Å². The molecule has 0 spiro atoms. The van der Waals surface area contributed by atoms with Crippen molar-refractivity contribution in [1.29, 1.82) is 0 Å². The van der Waals surface area contributed by atoms with Crippen molar-refractivity contribution in [2.45, 2.75) is 30.6 Å². The summed E-state index contributed by atoms with van der Waals surface area (Å²) in [5.41, 5.74) is 5.44. The van der Waals surface area contributed by atoms with Crippen molar-refractivity contribution < 1.29 is 13.2 Å². The van der Waals surface area contributed by atoms with Crippen molar-refractivity contribution in [1.82, 2.24) is 4.98 Å². The lowest BCUT2D eigenvalue weighted by molar-refractivity contribution is 0.102. The van der Waals surface area contributed by atoms with Crippen LogP contribution in [0.1, 0.15) is 34.3 Å². The Balaban J connectivity index is 1.24. The van der Waals surface area contributed by atoms with Gasteiger partial charge in [-0.15, -0.1) is 11.3 Å². The summed E-state index contributed by atoms with van der Waals surface area (Å²) in [6.45, 7) is 0. The first kappa shape index (κ1) is 23.5. The van der Waals surface area contributed by atoms with Crippen LogP contribution in [-0.2, 0) is 22.9 Å². The lowest BCUT2D eigenvalue weighted by atomic mass is 9.90. The number of fused-ring (bicyclic) bond motifs is 1. The number of sulfonamides is 1. The molecule has 1 amide bonds. The molecule has 1 aliphatic rings. The first-order chi connectivity index (χ1) is 16.9. The van der Waals surface area contributed by atoms with E-state index in [1.54, 1.807) is 24.3 Å². The van der Waals surface area contributed by atoms with Crippen LogP contribution in [0, 0.1) is 0 Å². The minimum absolute atomic E-state index is 0.0993. The second-order valence-electron chi connectivity index (χ2n) is 8.32. The molecule has 9 heteroatoms. The van der Waals surface area contributed by atoms with Gasteiger partial charge in [-0.25, -0.2) is 13.4 Å². The summed E-state index contributed by atoms with van der Waals surface area (Å²) in [6.07, 6.45) is 4.70. The highest BCUT2D eigenvalue weighted by Crippen LogP contribution is 2.30. The molecule has 3 aromatic carbocycles. The van der Waals surface area contributed by atoms with E-state index in [0.29, 0.717) is 21.4 Å². The highest BCUT2D eigenvalue weighted by molar-refractivity contribution is 7.92. The Hall–Kier alpha value is -3.20. The van der Waals surface area contributed by atoms with Gasteiger partial charge >= 0.3 is 0 Å². The van der Waals surface area contributed by atoms with Crippen LogP contribution >= 0.6 is 22.9 Å². The minimum atomic E-state index is -3.76. The number of nitrogens with zero attached hydrogens (tertiary/aromatic N) is 1. The Morgan fingerprint density at radius 3 is 2.37 bits per heavy atom. The number of rotatable bonds is 6. The van der Waals surface area contributed by atoms with Crippen molar-refractivity contribution >= 4 is 49.7 Å². The number of thiazole rings is 1. The largest absolute Gasteiger partial charge is 0.298 e. The maximum atomic E-state index is 12.7. The molecule has 1 heterocycles. The van der Waals surface area contributed by atoms with Crippen molar-refractivity contribution in [3.8, 4) is 11.3 Å². The Kier molecular flexibility index (Phi) is 6.60. The first-order valence-electron chi connectivity index (χ1n) is 11.1. The number of carbonyl (C=O) groups is 1. The van der Waals surface area contributed by atoms with E-state index in [1.807, 2.05) is 5.38 Å². The number of benzene rings is 3. The molecule has 1 aliphatic carbocycles. The fourth-order valence-corrected chi connectivity index (χ4v) is 5.94. The molecular formula is C26H22ClN3O3S2. The van der Waals surface area contributed by atoms with Gasteiger partial charge in [0.25, 0.3) is 15.9 Å². The van der Waals surface area contributed by atoms with Gasteiger partial charge in [-0.05, 0) is 91.4 Å². The number of halogens is 1. The SMILES string of the molecule is O=C(Nc1nc(-c2ccc3c(c2)CCCC3)cs1)c1ccc(NS(=O)(=O)c2ccc(Cl)cc2)cc1. The summed E-state index contributed by atoms with van der Waals surface area (Å²) in [5, 5.41) is 5.73. The number of carbonyl (C=O) groups excluding carboxylic acids is 1. The molecule has 35 heavy (non-hydrogen) atoms. The van der Waals surface area contributed by atoms with Crippen LogP contribution in [0.25, 0.3) is 11.3 Å². The van der Waals surface area contributed by atoms with Gasteiger partial charge < -0.3 is 0 Å². The second kappa shape index (κ2) is 9.81. The fourth-order valence-electron chi connectivity index (χ4n) is 4.04. The van der Waals surface area contributed by atoms with Crippen molar-refractivity contribution in [2.75, 3.05) is 10.0 Å². The third-order valence-electron chi connectivity index (χ3n) is 5.89. The second-order valence-corrected chi connectivity index (χ2v) is 11.3.